The van der Waals surface area contributed by atoms with Crippen LogP contribution in [0, 0.1) is 13.8 Å². The summed E-state index contributed by atoms with van der Waals surface area (Å²) >= 11 is 0. The smallest absolute Gasteiger partial charge is 0.119 e. The summed E-state index contributed by atoms with van der Waals surface area (Å²) in [6.45, 7) is 7.04. The first-order chi connectivity index (χ1) is 10.2. The number of hydrogen-bond acceptors (Lipinski definition) is 3. The minimum atomic E-state index is -0.0317. The van der Waals surface area contributed by atoms with Gasteiger partial charge in [0.1, 0.15) is 5.75 Å². The van der Waals surface area contributed by atoms with Crippen LogP contribution in [-0.2, 0) is 0 Å². The first-order valence-electron chi connectivity index (χ1n) is 7.41. The van der Waals surface area contributed by atoms with Crippen LogP contribution in [0.4, 0.5) is 0 Å². The van der Waals surface area contributed by atoms with Crippen LogP contribution in [0.2, 0.25) is 0 Å². The highest BCUT2D eigenvalue weighted by Crippen LogP contribution is 2.27. The molecule has 3 N–H and O–H groups in total. The molecule has 112 valence electrons. The minimum Gasteiger partial charge on any atom is -0.494 e. The maximum atomic E-state index is 5.80. The molecule has 2 aromatic rings. The number of ether oxygens (including phenoxy) is 1. The first kappa shape index (κ1) is 15.5. The second-order valence-corrected chi connectivity index (χ2v) is 5.38. The standard InChI is InChI=1S/C18H24N2O/c1-4-10-21-16-7-5-6-15(12-16)18(20-19)17-9-8-13(2)11-14(17)3/h5-9,11-12,18,20H,4,10,19H2,1-3H3. The fraction of sp³-hybridized carbons (Fsp3) is 0.333. The molecule has 3 nitrogen and oxygen atoms in total. The molecule has 0 aliphatic carbocycles. The molecule has 0 spiro atoms. The average molecular weight is 284 g/mol. The van der Waals surface area contributed by atoms with Gasteiger partial charge >= 0.3 is 0 Å². The summed E-state index contributed by atoms with van der Waals surface area (Å²) < 4.78 is 5.71. The molecule has 0 amide bonds. The molecule has 1 unspecified atom stereocenters. The largest absolute Gasteiger partial charge is 0.494 e. The third-order valence-electron chi connectivity index (χ3n) is 3.57. The highest BCUT2D eigenvalue weighted by Gasteiger charge is 2.15. The minimum absolute atomic E-state index is 0.0317. The topological polar surface area (TPSA) is 47.3 Å². The monoisotopic (exact) mass is 284 g/mol. The SMILES string of the molecule is CCCOc1cccc(C(NN)c2ccc(C)cc2C)c1. The number of aryl methyl sites for hydroxylation is 2. The summed E-state index contributed by atoms with van der Waals surface area (Å²) in [5, 5.41) is 0. The molecule has 0 bridgehead atoms. The van der Waals surface area contributed by atoms with Crippen molar-refractivity contribution in [3.05, 3.63) is 64.7 Å². The Bertz CT molecular complexity index is 596. The molecule has 0 saturated heterocycles. The van der Waals surface area contributed by atoms with Gasteiger partial charge in [-0.05, 0) is 49.1 Å². The highest BCUT2D eigenvalue weighted by atomic mass is 16.5. The number of benzene rings is 2. The lowest BCUT2D eigenvalue weighted by Crippen LogP contribution is -2.29. The number of hydrazine groups is 1. The number of hydrogen-bond donors (Lipinski definition) is 2. The summed E-state index contributed by atoms with van der Waals surface area (Å²) in [5.74, 6) is 6.69. The molecular formula is C18H24N2O. The highest BCUT2D eigenvalue weighted by molar-refractivity contribution is 5.41. The van der Waals surface area contributed by atoms with Gasteiger partial charge < -0.3 is 4.74 Å². The van der Waals surface area contributed by atoms with Crippen LogP contribution in [0.1, 0.15) is 41.6 Å². The molecule has 1 atom stereocenters. The first-order valence-corrected chi connectivity index (χ1v) is 7.41. The summed E-state index contributed by atoms with van der Waals surface area (Å²) in [7, 11) is 0. The van der Waals surface area contributed by atoms with Crippen molar-refractivity contribution in [3.8, 4) is 5.75 Å². The van der Waals surface area contributed by atoms with E-state index in [1.54, 1.807) is 0 Å². The Hall–Kier alpha value is -1.84. The van der Waals surface area contributed by atoms with Crippen molar-refractivity contribution in [2.75, 3.05) is 6.61 Å². The van der Waals surface area contributed by atoms with Gasteiger partial charge in [0.05, 0.1) is 12.6 Å². The summed E-state index contributed by atoms with van der Waals surface area (Å²) in [5.41, 5.74) is 7.71. The number of rotatable bonds is 6. The van der Waals surface area contributed by atoms with Crippen LogP contribution in [-0.4, -0.2) is 6.61 Å². The number of nitrogens with one attached hydrogen (secondary N) is 1. The van der Waals surface area contributed by atoms with Crippen molar-refractivity contribution in [1.29, 1.82) is 0 Å². The Morgan fingerprint density at radius 1 is 1.14 bits per heavy atom. The van der Waals surface area contributed by atoms with E-state index < -0.39 is 0 Å². The predicted octanol–water partition coefficient (Wildman–Crippen LogP) is 3.64. The van der Waals surface area contributed by atoms with E-state index >= 15 is 0 Å². The van der Waals surface area contributed by atoms with Crippen LogP contribution < -0.4 is 16.0 Å². The molecule has 2 rings (SSSR count). The van der Waals surface area contributed by atoms with E-state index in [1.165, 1.54) is 16.7 Å². The van der Waals surface area contributed by atoms with Gasteiger partial charge in [0.2, 0.25) is 0 Å². The quantitative estimate of drug-likeness (QED) is 0.629. The zero-order chi connectivity index (χ0) is 15.2. The Kier molecular flexibility index (Phi) is 5.37. The van der Waals surface area contributed by atoms with Gasteiger partial charge in [-0.2, -0.15) is 0 Å². The van der Waals surface area contributed by atoms with Crippen LogP contribution in [0.25, 0.3) is 0 Å². The van der Waals surface area contributed by atoms with Crippen molar-refractivity contribution in [3.63, 3.8) is 0 Å². The molecule has 0 aromatic heterocycles. The van der Waals surface area contributed by atoms with E-state index in [2.05, 4.69) is 56.5 Å². The third kappa shape index (κ3) is 3.84. The van der Waals surface area contributed by atoms with Crippen LogP contribution in [0.15, 0.2) is 42.5 Å². The maximum absolute atomic E-state index is 5.80. The number of nitrogens with two attached hydrogens (primary N) is 1. The van der Waals surface area contributed by atoms with Crippen LogP contribution >= 0.6 is 0 Å². The van der Waals surface area contributed by atoms with E-state index in [4.69, 9.17) is 10.6 Å². The molecule has 0 radical (unpaired) electrons. The predicted molar refractivity (Wildman–Crippen MR) is 87.3 cm³/mol. The van der Waals surface area contributed by atoms with E-state index in [1.807, 2.05) is 12.1 Å². The van der Waals surface area contributed by atoms with Crippen molar-refractivity contribution in [1.82, 2.24) is 5.43 Å². The van der Waals surface area contributed by atoms with Gasteiger partial charge in [-0.3, -0.25) is 5.84 Å². The normalized spacial score (nSPS) is 12.2. The molecule has 0 heterocycles. The second kappa shape index (κ2) is 7.25. The van der Waals surface area contributed by atoms with Gasteiger partial charge in [-0.15, -0.1) is 0 Å². The lowest BCUT2D eigenvalue weighted by molar-refractivity contribution is 0.317. The van der Waals surface area contributed by atoms with E-state index in [-0.39, 0.29) is 6.04 Å². The van der Waals surface area contributed by atoms with Gasteiger partial charge in [-0.25, -0.2) is 5.43 Å². The summed E-state index contributed by atoms with van der Waals surface area (Å²) in [6, 6.07) is 14.5. The fourth-order valence-corrected chi connectivity index (χ4v) is 2.52. The fourth-order valence-electron chi connectivity index (χ4n) is 2.52. The molecule has 3 heteroatoms. The summed E-state index contributed by atoms with van der Waals surface area (Å²) in [4.78, 5) is 0. The Morgan fingerprint density at radius 3 is 2.62 bits per heavy atom. The second-order valence-electron chi connectivity index (χ2n) is 5.38. The molecular weight excluding hydrogens is 260 g/mol. The molecule has 0 saturated carbocycles. The maximum Gasteiger partial charge on any atom is 0.119 e. The molecule has 0 fully saturated rings. The lowest BCUT2D eigenvalue weighted by Gasteiger charge is -2.20. The molecule has 0 aliphatic heterocycles. The lowest BCUT2D eigenvalue weighted by atomic mass is 9.94. The van der Waals surface area contributed by atoms with Crippen molar-refractivity contribution in [2.45, 2.75) is 33.2 Å². The third-order valence-corrected chi connectivity index (χ3v) is 3.57. The van der Waals surface area contributed by atoms with Gasteiger partial charge in [-0.1, -0.05) is 42.8 Å². The van der Waals surface area contributed by atoms with Crippen molar-refractivity contribution in [2.24, 2.45) is 5.84 Å². The Morgan fingerprint density at radius 2 is 1.95 bits per heavy atom. The zero-order valence-corrected chi connectivity index (χ0v) is 13.0. The van der Waals surface area contributed by atoms with E-state index in [9.17, 15) is 0 Å². The van der Waals surface area contributed by atoms with Crippen molar-refractivity contribution < 1.29 is 4.74 Å². The zero-order valence-electron chi connectivity index (χ0n) is 13.0. The van der Waals surface area contributed by atoms with Crippen LogP contribution in [0.3, 0.4) is 0 Å². The molecule has 21 heavy (non-hydrogen) atoms. The Balaban J connectivity index is 2.32. The van der Waals surface area contributed by atoms with Gasteiger partial charge in [0.25, 0.3) is 0 Å². The Labute approximate surface area is 127 Å². The average Bonchev–Trinajstić information content (AvgIpc) is 2.48. The molecule has 2 aromatic carbocycles. The van der Waals surface area contributed by atoms with Gasteiger partial charge in [0.15, 0.2) is 0 Å². The molecule has 0 aliphatic rings. The van der Waals surface area contributed by atoms with E-state index in [0.717, 1.165) is 24.3 Å². The van der Waals surface area contributed by atoms with Gasteiger partial charge in [0, 0.05) is 0 Å². The van der Waals surface area contributed by atoms with Crippen LogP contribution in [0.5, 0.6) is 5.75 Å². The summed E-state index contributed by atoms with van der Waals surface area (Å²) in [6.07, 6.45) is 1.000. The van der Waals surface area contributed by atoms with E-state index in [0.29, 0.717) is 0 Å². The van der Waals surface area contributed by atoms with Crippen molar-refractivity contribution >= 4 is 0 Å².